The molecule has 190 valence electrons. The van der Waals surface area contributed by atoms with Gasteiger partial charge in [-0.1, -0.05) is 13.8 Å². The van der Waals surface area contributed by atoms with Crippen molar-refractivity contribution in [1.29, 1.82) is 0 Å². The monoisotopic (exact) mass is 487 g/mol. The second kappa shape index (κ2) is 9.14. The Morgan fingerprint density at radius 2 is 1.97 bits per heavy atom. The maximum absolute atomic E-state index is 13.7. The molecule has 0 spiro atoms. The van der Waals surface area contributed by atoms with E-state index in [1.54, 1.807) is 25.7 Å². The minimum Gasteiger partial charge on any atom is -0.618 e. The first-order valence-electron chi connectivity index (χ1n) is 11.4. The molecule has 34 heavy (non-hydrogen) atoms. The van der Waals surface area contributed by atoms with E-state index in [9.17, 15) is 28.0 Å². The van der Waals surface area contributed by atoms with Gasteiger partial charge in [0.2, 0.25) is 12.1 Å². The van der Waals surface area contributed by atoms with E-state index in [0.29, 0.717) is 35.3 Å². The number of amides is 2. The summed E-state index contributed by atoms with van der Waals surface area (Å²) in [5.41, 5.74) is -0.711. The van der Waals surface area contributed by atoms with Crippen molar-refractivity contribution in [3.8, 4) is 5.75 Å². The Hall–Kier alpha value is -2.72. The maximum Gasteiger partial charge on any atom is 0.573 e. The predicted molar refractivity (Wildman–Crippen MR) is 115 cm³/mol. The Kier molecular flexibility index (Phi) is 6.96. The van der Waals surface area contributed by atoms with Crippen LogP contribution in [0.2, 0.25) is 0 Å². The number of rotatable bonds is 4. The number of ether oxygens (including phenoxy) is 2. The van der Waals surface area contributed by atoms with Crippen LogP contribution in [0.3, 0.4) is 0 Å². The van der Waals surface area contributed by atoms with E-state index in [1.807, 2.05) is 13.8 Å². The molecule has 0 bridgehead atoms. The molecular weight excluding hydrogens is 455 g/mol. The summed E-state index contributed by atoms with van der Waals surface area (Å²) < 4.78 is 47.5. The lowest BCUT2D eigenvalue weighted by atomic mass is 9.74. The highest BCUT2D eigenvalue weighted by Gasteiger charge is 2.50. The lowest BCUT2D eigenvalue weighted by molar-refractivity contribution is -0.615. The van der Waals surface area contributed by atoms with Gasteiger partial charge < -0.3 is 24.9 Å². The molecule has 3 rings (SSSR count). The third kappa shape index (κ3) is 5.85. The molecule has 1 fully saturated rings. The van der Waals surface area contributed by atoms with Crippen molar-refractivity contribution in [2.24, 2.45) is 11.3 Å². The molecule has 8 nitrogen and oxygen atoms in total. The van der Waals surface area contributed by atoms with Crippen LogP contribution in [0.1, 0.15) is 65.1 Å². The lowest BCUT2D eigenvalue weighted by Gasteiger charge is -2.39. The number of carbonyl (C=O) groups excluding carboxylic acids is 2. The highest BCUT2D eigenvalue weighted by Crippen LogP contribution is 2.46. The molecule has 2 unspecified atom stereocenters. The summed E-state index contributed by atoms with van der Waals surface area (Å²) in [4.78, 5) is 27.5. The Morgan fingerprint density at radius 3 is 2.56 bits per heavy atom. The van der Waals surface area contributed by atoms with Gasteiger partial charge in [-0.3, -0.25) is 4.79 Å². The van der Waals surface area contributed by atoms with Crippen molar-refractivity contribution >= 4 is 12.0 Å². The Bertz CT molecular complexity index is 945. The van der Waals surface area contributed by atoms with Crippen LogP contribution in [0.15, 0.2) is 12.3 Å². The fourth-order valence-corrected chi connectivity index (χ4v) is 4.88. The van der Waals surface area contributed by atoms with Crippen LogP contribution in [-0.2, 0) is 22.5 Å². The molecular formula is C23H32F3N3O5. The zero-order chi connectivity index (χ0) is 25.5. The summed E-state index contributed by atoms with van der Waals surface area (Å²) in [7, 11) is 0. The molecule has 1 aromatic heterocycles. The number of hydrogen-bond donors (Lipinski definition) is 1. The third-order valence-corrected chi connectivity index (χ3v) is 6.50. The minimum absolute atomic E-state index is 0.0180. The number of carbonyl (C=O) groups is 2. The number of alkyl halides is 3. The summed E-state index contributed by atoms with van der Waals surface area (Å²) in [5.74, 6) is -0.769. The maximum atomic E-state index is 13.7. The number of halogens is 3. The van der Waals surface area contributed by atoms with Crippen molar-refractivity contribution in [2.45, 2.75) is 84.9 Å². The number of alkyl carbamates (subject to hydrolysis) is 1. The molecule has 2 aliphatic rings. The van der Waals surface area contributed by atoms with Crippen molar-refractivity contribution in [2.75, 3.05) is 6.54 Å². The Balaban J connectivity index is 1.76. The third-order valence-electron chi connectivity index (χ3n) is 6.50. The molecule has 0 radical (unpaired) electrons. The van der Waals surface area contributed by atoms with Gasteiger partial charge in [0.05, 0.1) is 18.4 Å². The van der Waals surface area contributed by atoms with Gasteiger partial charge in [-0.25, -0.2) is 4.79 Å². The van der Waals surface area contributed by atoms with Crippen molar-refractivity contribution in [3.63, 3.8) is 0 Å². The molecule has 1 saturated carbocycles. The number of nitrogens with zero attached hydrogens (tertiary/aromatic N) is 2. The summed E-state index contributed by atoms with van der Waals surface area (Å²) in [6.45, 7) is 9.52. The standard InChI is InChI=1S/C23H32F3N3O5/c1-14(2)22(8-6-16(11-22)27-20(31)34-21(3,4)5)19(30)28-9-7-18-15(12-28)10-17(13-29(18)32)33-23(24,25)26/h10,13-14,16H,6-9,11-12H2,1-5H3,(H,27,31). The van der Waals surface area contributed by atoms with Crippen LogP contribution >= 0.6 is 0 Å². The average Bonchev–Trinajstić information content (AvgIpc) is 3.09. The van der Waals surface area contributed by atoms with E-state index in [4.69, 9.17) is 4.74 Å². The lowest BCUT2D eigenvalue weighted by Crippen LogP contribution is -2.50. The first kappa shape index (κ1) is 25.9. The quantitative estimate of drug-likeness (QED) is 0.515. The predicted octanol–water partition coefficient (Wildman–Crippen LogP) is 3.82. The van der Waals surface area contributed by atoms with Crippen LogP contribution in [-0.4, -0.2) is 41.5 Å². The van der Waals surface area contributed by atoms with E-state index < -0.39 is 29.2 Å². The summed E-state index contributed by atoms with van der Waals surface area (Å²) in [6.07, 6.45) is -2.87. The van der Waals surface area contributed by atoms with Crippen LogP contribution in [0.25, 0.3) is 0 Å². The molecule has 0 aromatic carbocycles. The fraction of sp³-hybridized carbons (Fsp3) is 0.696. The molecule has 2 amide bonds. The fourth-order valence-electron chi connectivity index (χ4n) is 4.88. The largest absolute Gasteiger partial charge is 0.618 e. The first-order valence-corrected chi connectivity index (χ1v) is 11.4. The van der Waals surface area contributed by atoms with E-state index in [-0.39, 0.29) is 37.4 Å². The molecule has 1 aliphatic heterocycles. The van der Waals surface area contributed by atoms with E-state index in [0.717, 1.165) is 6.20 Å². The highest BCUT2D eigenvalue weighted by atomic mass is 19.4. The first-order chi connectivity index (χ1) is 15.6. The molecule has 11 heteroatoms. The van der Waals surface area contributed by atoms with Crippen LogP contribution in [0, 0.1) is 16.5 Å². The van der Waals surface area contributed by atoms with Crippen molar-refractivity contribution < 1.29 is 37.0 Å². The minimum atomic E-state index is -4.92. The van der Waals surface area contributed by atoms with Gasteiger partial charge in [0, 0.05) is 18.2 Å². The van der Waals surface area contributed by atoms with Gasteiger partial charge >= 0.3 is 12.5 Å². The number of fused-ring (bicyclic) bond motifs is 1. The number of nitrogens with one attached hydrogen (secondary N) is 1. The smallest absolute Gasteiger partial charge is 0.573 e. The normalized spacial score (nSPS) is 23.0. The molecule has 0 saturated heterocycles. The van der Waals surface area contributed by atoms with E-state index >= 15 is 0 Å². The SMILES string of the molecule is CC(C)C1(C(=O)N2CCc3c(cc(OC(F)(F)F)c[n+]3[O-])C2)CCC(NC(=O)OC(C)(C)C)C1. The number of aromatic nitrogens is 1. The second-order valence-electron chi connectivity index (χ2n) is 10.4. The van der Waals surface area contributed by atoms with E-state index in [1.165, 1.54) is 6.07 Å². The zero-order valence-electron chi connectivity index (χ0n) is 20.1. The second-order valence-corrected chi connectivity index (χ2v) is 10.4. The van der Waals surface area contributed by atoms with Crippen LogP contribution in [0.4, 0.5) is 18.0 Å². The topological polar surface area (TPSA) is 94.8 Å². The van der Waals surface area contributed by atoms with Gasteiger partial charge in [0.1, 0.15) is 5.60 Å². The van der Waals surface area contributed by atoms with Crippen LogP contribution < -0.4 is 14.8 Å². The van der Waals surface area contributed by atoms with Gasteiger partial charge in [-0.05, 0) is 52.0 Å². The summed E-state index contributed by atoms with van der Waals surface area (Å²) in [5, 5.41) is 15.1. The van der Waals surface area contributed by atoms with Gasteiger partial charge in [-0.15, -0.1) is 13.2 Å². The van der Waals surface area contributed by atoms with Crippen molar-refractivity contribution in [3.05, 3.63) is 28.7 Å². The van der Waals surface area contributed by atoms with Gasteiger partial charge in [0.25, 0.3) is 0 Å². The molecule has 1 aliphatic carbocycles. The highest BCUT2D eigenvalue weighted by molar-refractivity contribution is 5.84. The summed E-state index contributed by atoms with van der Waals surface area (Å²) >= 11 is 0. The number of pyridine rings is 1. The molecule has 2 heterocycles. The number of hydrogen-bond acceptors (Lipinski definition) is 5. The summed E-state index contributed by atoms with van der Waals surface area (Å²) in [6, 6.07) is 0.939. The molecule has 1 N–H and O–H groups in total. The van der Waals surface area contributed by atoms with Gasteiger partial charge in [-0.2, -0.15) is 4.73 Å². The van der Waals surface area contributed by atoms with Crippen molar-refractivity contribution in [1.82, 2.24) is 10.2 Å². The zero-order valence-corrected chi connectivity index (χ0v) is 20.1. The van der Waals surface area contributed by atoms with E-state index in [2.05, 4.69) is 10.1 Å². The Labute approximate surface area is 197 Å². The molecule has 1 aromatic rings. The van der Waals surface area contributed by atoms with Crippen LogP contribution in [0.5, 0.6) is 5.75 Å². The average molecular weight is 488 g/mol. The van der Waals surface area contributed by atoms with Gasteiger partial charge in [0.15, 0.2) is 11.4 Å². The molecule has 2 atom stereocenters. The Morgan fingerprint density at radius 1 is 1.29 bits per heavy atom.